The Morgan fingerprint density at radius 1 is 1.08 bits per heavy atom. The molecule has 0 bridgehead atoms. The molecule has 256 valence electrons. The van der Waals surface area contributed by atoms with E-state index in [0.29, 0.717) is 62.1 Å². The van der Waals surface area contributed by atoms with Crippen molar-refractivity contribution in [2.45, 2.75) is 56.3 Å². The molecule has 3 atom stereocenters. The third-order valence-electron chi connectivity index (χ3n) is 8.88. The first-order valence-corrected chi connectivity index (χ1v) is 16.0. The van der Waals surface area contributed by atoms with Gasteiger partial charge in [-0.15, -0.1) is 0 Å². The first-order valence-electron chi connectivity index (χ1n) is 15.6. The Morgan fingerprint density at radius 2 is 1.77 bits per heavy atom. The molecule has 14 heteroatoms. The summed E-state index contributed by atoms with van der Waals surface area (Å²) in [5, 5.41) is 8.95. The highest BCUT2D eigenvalue weighted by Gasteiger charge is 2.41. The standard InChI is InChI=1S/C34H37ClF3N5O5/c1-20(44)43-11-9-34(10-12-43)19-40-16-26(48-34)7-8-27-28(38)17-39-18-29(27)41-32(45)31(42-33(46)47-2)30(21-3-5-23(35)6-4-21)22-13-24(36)15-25(37)14-22/h3-6,13-15,17-18,26,30-31,40H,7-12,16,19H2,1-2H3,(H,41,45)(H,42,46)/t26-,30+,31+/m1/s1. The van der Waals surface area contributed by atoms with E-state index in [-0.39, 0.29) is 35.2 Å². The lowest BCUT2D eigenvalue weighted by Gasteiger charge is -2.46. The van der Waals surface area contributed by atoms with Crippen molar-refractivity contribution in [3.05, 3.63) is 94.0 Å². The third kappa shape index (κ3) is 8.44. The van der Waals surface area contributed by atoms with Crippen LogP contribution in [0, 0.1) is 17.5 Å². The van der Waals surface area contributed by atoms with E-state index in [2.05, 4.69) is 20.9 Å². The summed E-state index contributed by atoms with van der Waals surface area (Å²) in [4.78, 5) is 44.1. The van der Waals surface area contributed by atoms with E-state index >= 15 is 4.39 Å². The molecule has 0 saturated carbocycles. The van der Waals surface area contributed by atoms with E-state index in [1.165, 1.54) is 6.20 Å². The Hall–Kier alpha value is -4.20. The van der Waals surface area contributed by atoms with Gasteiger partial charge in [0.25, 0.3) is 0 Å². The van der Waals surface area contributed by atoms with E-state index in [1.54, 1.807) is 36.1 Å². The Morgan fingerprint density at radius 3 is 2.42 bits per heavy atom. The first kappa shape index (κ1) is 35.1. The number of morpholine rings is 1. The van der Waals surface area contributed by atoms with E-state index in [0.717, 1.165) is 25.4 Å². The largest absolute Gasteiger partial charge is 0.453 e. The smallest absolute Gasteiger partial charge is 0.407 e. The van der Waals surface area contributed by atoms with Gasteiger partial charge in [0, 0.05) is 55.7 Å². The molecule has 3 N–H and O–H groups in total. The van der Waals surface area contributed by atoms with Crippen molar-refractivity contribution in [1.82, 2.24) is 20.5 Å². The second-order valence-corrected chi connectivity index (χ2v) is 12.5. The van der Waals surface area contributed by atoms with E-state index in [4.69, 9.17) is 21.1 Å². The predicted octanol–water partition coefficient (Wildman–Crippen LogP) is 4.95. The monoisotopic (exact) mass is 687 g/mol. The molecule has 2 aliphatic heterocycles. The number of halogens is 4. The zero-order valence-corrected chi connectivity index (χ0v) is 27.3. The van der Waals surface area contributed by atoms with E-state index in [9.17, 15) is 23.2 Å². The lowest BCUT2D eigenvalue weighted by molar-refractivity contribution is -0.153. The van der Waals surface area contributed by atoms with Crippen LogP contribution in [0.3, 0.4) is 0 Å². The summed E-state index contributed by atoms with van der Waals surface area (Å²) < 4.78 is 55.5. The molecule has 2 aromatic carbocycles. The number of alkyl carbamates (subject to hydrolysis) is 1. The van der Waals surface area contributed by atoms with Crippen molar-refractivity contribution in [3.8, 4) is 0 Å². The molecule has 10 nitrogen and oxygen atoms in total. The van der Waals surface area contributed by atoms with Gasteiger partial charge in [-0.25, -0.2) is 18.0 Å². The summed E-state index contributed by atoms with van der Waals surface area (Å²) in [5.74, 6) is -4.33. The minimum Gasteiger partial charge on any atom is -0.453 e. The molecule has 3 amide bonds. The number of likely N-dealkylation sites (tertiary alicyclic amines) is 1. The number of nitrogens with one attached hydrogen (secondary N) is 3. The van der Waals surface area contributed by atoms with Crippen molar-refractivity contribution in [3.63, 3.8) is 0 Å². The molecule has 5 rings (SSSR count). The number of nitrogens with zero attached hydrogens (tertiary/aromatic N) is 2. The summed E-state index contributed by atoms with van der Waals surface area (Å²) in [6.07, 6.45) is 3.05. The molecule has 2 aliphatic rings. The number of benzene rings is 2. The summed E-state index contributed by atoms with van der Waals surface area (Å²) in [7, 11) is 1.11. The molecule has 48 heavy (non-hydrogen) atoms. The fourth-order valence-electron chi connectivity index (χ4n) is 6.41. The molecule has 0 radical (unpaired) electrons. The van der Waals surface area contributed by atoms with Crippen LogP contribution in [0.5, 0.6) is 0 Å². The van der Waals surface area contributed by atoms with Gasteiger partial charge in [-0.1, -0.05) is 23.7 Å². The maximum atomic E-state index is 15.3. The number of methoxy groups -OCH3 is 1. The van der Waals surface area contributed by atoms with E-state index < -0.39 is 47.0 Å². The SMILES string of the molecule is COC(=O)N[C@H](C(=O)Nc1cncc(F)c1CC[C@@H]1CNCC2(CCN(C(C)=O)CC2)O1)[C@@H](c1ccc(Cl)cc1)c1cc(F)cc(F)c1. The van der Waals surface area contributed by atoms with Crippen LogP contribution in [0.1, 0.15) is 48.8 Å². The highest BCUT2D eigenvalue weighted by molar-refractivity contribution is 6.30. The zero-order chi connectivity index (χ0) is 34.4. The lowest BCUT2D eigenvalue weighted by atomic mass is 9.84. The summed E-state index contributed by atoms with van der Waals surface area (Å²) in [6.45, 7) is 3.94. The van der Waals surface area contributed by atoms with Crippen molar-refractivity contribution in [2.24, 2.45) is 0 Å². The number of pyridine rings is 1. The average molecular weight is 688 g/mol. The minimum atomic E-state index is -1.48. The van der Waals surface area contributed by atoms with Gasteiger partial charge in [-0.2, -0.15) is 0 Å². The Kier molecular flexibility index (Phi) is 11.2. The Balaban J connectivity index is 1.39. The number of ether oxygens (including phenoxy) is 2. The zero-order valence-electron chi connectivity index (χ0n) is 26.5. The van der Waals surface area contributed by atoms with Gasteiger partial charge in [0.05, 0.1) is 36.9 Å². The maximum absolute atomic E-state index is 15.3. The Labute approximate surface area is 281 Å². The fraction of sp³-hybridized carbons (Fsp3) is 0.412. The number of piperidine rings is 1. The third-order valence-corrected chi connectivity index (χ3v) is 9.13. The van der Waals surface area contributed by atoms with Crippen LogP contribution in [-0.2, 0) is 25.5 Å². The summed E-state index contributed by atoms with van der Waals surface area (Å²) >= 11 is 6.09. The van der Waals surface area contributed by atoms with Crippen LogP contribution in [0.4, 0.5) is 23.7 Å². The van der Waals surface area contributed by atoms with Gasteiger partial charge in [-0.3, -0.25) is 14.6 Å². The van der Waals surface area contributed by atoms with E-state index in [1.807, 2.05) is 0 Å². The molecule has 2 saturated heterocycles. The summed E-state index contributed by atoms with van der Waals surface area (Å²) in [5.41, 5.74) is 0.259. The maximum Gasteiger partial charge on any atom is 0.407 e. The van der Waals surface area contributed by atoms with Gasteiger partial charge >= 0.3 is 6.09 Å². The highest BCUT2D eigenvalue weighted by Crippen LogP contribution is 2.33. The predicted molar refractivity (Wildman–Crippen MR) is 172 cm³/mol. The topological polar surface area (TPSA) is 122 Å². The number of amides is 3. The first-order chi connectivity index (χ1) is 23.0. The van der Waals surface area contributed by atoms with Crippen molar-refractivity contribution < 1.29 is 37.0 Å². The van der Waals surface area contributed by atoms with Gasteiger partial charge < -0.3 is 30.3 Å². The number of anilines is 1. The molecule has 2 fully saturated rings. The number of carbonyl (C=O) groups excluding carboxylic acids is 3. The van der Waals surface area contributed by atoms with Gasteiger partial charge in [0.2, 0.25) is 11.8 Å². The molecule has 1 aromatic heterocycles. The van der Waals surface area contributed by atoms with Gasteiger partial charge in [-0.05, 0) is 61.1 Å². The highest BCUT2D eigenvalue weighted by atomic mass is 35.5. The fourth-order valence-corrected chi connectivity index (χ4v) is 6.54. The van der Waals surface area contributed by atoms with Crippen LogP contribution in [-0.4, -0.2) is 78.8 Å². The van der Waals surface area contributed by atoms with Gasteiger partial charge in [0.15, 0.2) is 0 Å². The van der Waals surface area contributed by atoms with Crippen molar-refractivity contribution in [2.75, 3.05) is 38.6 Å². The summed E-state index contributed by atoms with van der Waals surface area (Å²) in [6, 6.07) is 7.55. The molecule has 0 unspecified atom stereocenters. The van der Waals surface area contributed by atoms with Crippen LogP contribution in [0.2, 0.25) is 5.02 Å². The second-order valence-electron chi connectivity index (χ2n) is 12.1. The normalized spacial score (nSPS) is 18.5. The second kappa shape index (κ2) is 15.3. The number of rotatable bonds is 9. The van der Waals surface area contributed by atoms with Crippen LogP contribution >= 0.6 is 11.6 Å². The molecular formula is C34H37ClF3N5O5. The van der Waals surface area contributed by atoms with Crippen LogP contribution < -0.4 is 16.0 Å². The quantitative estimate of drug-likeness (QED) is 0.291. The Bertz CT molecular complexity index is 1620. The molecule has 3 heterocycles. The van der Waals surface area contributed by atoms with Crippen molar-refractivity contribution >= 4 is 35.2 Å². The molecule has 3 aromatic rings. The number of carbonyl (C=O) groups is 3. The molecule has 1 spiro atoms. The number of hydrogen-bond donors (Lipinski definition) is 3. The van der Waals surface area contributed by atoms with Gasteiger partial charge in [0.1, 0.15) is 23.5 Å². The number of aromatic nitrogens is 1. The average Bonchev–Trinajstić information content (AvgIpc) is 3.04. The number of hydrogen-bond acceptors (Lipinski definition) is 7. The molecule has 0 aliphatic carbocycles. The van der Waals surface area contributed by atoms with Crippen LogP contribution in [0.25, 0.3) is 0 Å². The van der Waals surface area contributed by atoms with Crippen LogP contribution in [0.15, 0.2) is 54.9 Å². The molecular weight excluding hydrogens is 651 g/mol. The van der Waals surface area contributed by atoms with Crippen molar-refractivity contribution in [1.29, 1.82) is 0 Å². The lowest BCUT2D eigenvalue weighted by Crippen LogP contribution is -2.58. The minimum absolute atomic E-state index is 0.0273.